The molecule has 1 aromatic rings. The first-order valence-corrected chi connectivity index (χ1v) is 10.0. The zero-order chi connectivity index (χ0) is 18.1. The molecular formula is C17H26N2O5S. The van der Waals surface area contributed by atoms with Gasteiger partial charge in [0.05, 0.1) is 17.5 Å². The molecule has 0 heterocycles. The van der Waals surface area contributed by atoms with E-state index >= 15 is 0 Å². The lowest BCUT2D eigenvalue weighted by Gasteiger charge is -2.13. The van der Waals surface area contributed by atoms with Crippen LogP contribution in [0, 0.1) is 0 Å². The van der Waals surface area contributed by atoms with Crippen molar-refractivity contribution in [2.45, 2.75) is 43.1 Å². The first-order chi connectivity index (χ1) is 12.0. The minimum atomic E-state index is -3.73. The molecule has 0 radical (unpaired) electrons. The zero-order valence-corrected chi connectivity index (χ0v) is 15.3. The number of ether oxygens (including phenoxy) is 2. The molecule has 1 amide bonds. The second-order valence-corrected chi connectivity index (χ2v) is 7.78. The van der Waals surface area contributed by atoms with Crippen molar-refractivity contribution in [2.24, 2.45) is 0 Å². The van der Waals surface area contributed by atoms with Gasteiger partial charge in [0, 0.05) is 20.3 Å². The average molecular weight is 370 g/mol. The molecule has 1 fully saturated rings. The summed E-state index contributed by atoms with van der Waals surface area (Å²) in [5.74, 6) is 0.294. The SMILES string of the molecule is COCCCNC(=O)CNS(=O)(=O)c1ccc(OC2CCCC2)cc1. The number of rotatable bonds is 10. The molecule has 0 atom stereocenters. The number of carbonyl (C=O) groups is 1. The molecule has 0 aromatic heterocycles. The molecule has 0 saturated heterocycles. The summed E-state index contributed by atoms with van der Waals surface area (Å²) in [5, 5.41) is 2.63. The Balaban J connectivity index is 1.81. The van der Waals surface area contributed by atoms with Gasteiger partial charge in [-0.3, -0.25) is 4.79 Å². The average Bonchev–Trinajstić information content (AvgIpc) is 3.10. The topological polar surface area (TPSA) is 93.7 Å². The molecule has 140 valence electrons. The second kappa shape index (κ2) is 9.74. The predicted molar refractivity (Wildman–Crippen MR) is 94.0 cm³/mol. The molecule has 1 aromatic carbocycles. The van der Waals surface area contributed by atoms with Crippen molar-refractivity contribution in [2.75, 3.05) is 26.8 Å². The van der Waals surface area contributed by atoms with E-state index in [0.717, 1.165) is 12.8 Å². The molecule has 0 bridgehead atoms. The zero-order valence-electron chi connectivity index (χ0n) is 14.5. The molecular weight excluding hydrogens is 344 g/mol. The lowest BCUT2D eigenvalue weighted by molar-refractivity contribution is -0.120. The fourth-order valence-corrected chi connectivity index (χ4v) is 3.63. The second-order valence-electron chi connectivity index (χ2n) is 6.02. The van der Waals surface area contributed by atoms with Gasteiger partial charge in [0.1, 0.15) is 5.75 Å². The van der Waals surface area contributed by atoms with Crippen molar-refractivity contribution in [1.29, 1.82) is 0 Å². The standard InChI is InChI=1S/C17H26N2O5S/c1-23-12-4-11-18-17(20)13-19-25(21,22)16-9-7-15(8-10-16)24-14-5-2-3-6-14/h7-10,14,19H,2-6,11-13H2,1H3,(H,18,20). The van der Waals surface area contributed by atoms with Crippen LogP contribution in [-0.2, 0) is 19.6 Å². The van der Waals surface area contributed by atoms with E-state index in [1.165, 1.54) is 25.0 Å². The quantitative estimate of drug-likeness (QED) is 0.608. The van der Waals surface area contributed by atoms with Gasteiger partial charge >= 0.3 is 0 Å². The maximum Gasteiger partial charge on any atom is 0.241 e. The van der Waals surface area contributed by atoms with Gasteiger partial charge in [0.25, 0.3) is 0 Å². The largest absolute Gasteiger partial charge is 0.490 e. The molecule has 25 heavy (non-hydrogen) atoms. The third-order valence-electron chi connectivity index (χ3n) is 4.01. The van der Waals surface area contributed by atoms with Crippen LogP contribution in [0.5, 0.6) is 5.75 Å². The van der Waals surface area contributed by atoms with Gasteiger partial charge in [-0.15, -0.1) is 0 Å². The maximum atomic E-state index is 12.2. The van der Waals surface area contributed by atoms with E-state index in [-0.39, 0.29) is 23.5 Å². The number of amides is 1. The summed E-state index contributed by atoms with van der Waals surface area (Å²) in [6, 6.07) is 6.28. The van der Waals surface area contributed by atoms with E-state index in [1.807, 2.05) is 0 Å². The number of methoxy groups -OCH3 is 1. The Morgan fingerprint density at radius 2 is 1.88 bits per heavy atom. The molecule has 2 N–H and O–H groups in total. The van der Waals surface area contributed by atoms with E-state index < -0.39 is 10.0 Å². The van der Waals surface area contributed by atoms with Crippen molar-refractivity contribution in [3.8, 4) is 5.75 Å². The monoisotopic (exact) mass is 370 g/mol. The number of sulfonamides is 1. The first-order valence-electron chi connectivity index (χ1n) is 8.53. The molecule has 0 unspecified atom stereocenters. The van der Waals surface area contributed by atoms with Gasteiger partial charge in [-0.2, -0.15) is 0 Å². The summed E-state index contributed by atoms with van der Waals surface area (Å²) in [4.78, 5) is 11.7. The highest BCUT2D eigenvalue weighted by Crippen LogP contribution is 2.24. The number of carbonyl (C=O) groups excluding carboxylic acids is 1. The molecule has 2 rings (SSSR count). The minimum absolute atomic E-state index is 0.110. The van der Waals surface area contributed by atoms with Crippen LogP contribution in [0.3, 0.4) is 0 Å². The summed E-state index contributed by atoms with van der Waals surface area (Å²) < 4.78 is 37.4. The van der Waals surface area contributed by atoms with Crippen molar-refractivity contribution in [3.63, 3.8) is 0 Å². The van der Waals surface area contributed by atoms with E-state index in [0.29, 0.717) is 25.3 Å². The van der Waals surface area contributed by atoms with Gasteiger partial charge in [0.2, 0.25) is 15.9 Å². The Hall–Kier alpha value is -1.64. The number of hydrogen-bond donors (Lipinski definition) is 2. The van der Waals surface area contributed by atoms with Crippen molar-refractivity contribution >= 4 is 15.9 Å². The fraction of sp³-hybridized carbons (Fsp3) is 0.588. The van der Waals surface area contributed by atoms with Crippen molar-refractivity contribution in [1.82, 2.24) is 10.0 Å². The van der Waals surface area contributed by atoms with Crippen LogP contribution in [-0.4, -0.2) is 47.2 Å². The minimum Gasteiger partial charge on any atom is -0.490 e. The highest BCUT2D eigenvalue weighted by molar-refractivity contribution is 7.89. The van der Waals surface area contributed by atoms with Crippen LogP contribution in [0.15, 0.2) is 29.2 Å². The Morgan fingerprint density at radius 3 is 2.52 bits per heavy atom. The first kappa shape index (κ1) is 19.7. The molecule has 0 aliphatic heterocycles. The summed E-state index contributed by atoms with van der Waals surface area (Å²) in [5.41, 5.74) is 0. The van der Waals surface area contributed by atoms with Gasteiger partial charge < -0.3 is 14.8 Å². The molecule has 1 saturated carbocycles. The van der Waals surface area contributed by atoms with Crippen LogP contribution in [0.1, 0.15) is 32.1 Å². The van der Waals surface area contributed by atoms with Crippen LogP contribution < -0.4 is 14.8 Å². The highest BCUT2D eigenvalue weighted by atomic mass is 32.2. The Kier molecular flexibility index (Phi) is 7.67. The fourth-order valence-electron chi connectivity index (χ4n) is 2.65. The lowest BCUT2D eigenvalue weighted by atomic mass is 10.3. The van der Waals surface area contributed by atoms with Crippen LogP contribution in [0.2, 0.25) is 0 Å². The smallest absolute Gasteiger partial charge is 0.241 e. The highest BCUT2D eigenvalue weighted by Gasteiger charge is 2.18. The Bertz CT molecular complexity index is 640. The third kappa shape index (κ3) is 6.64. The van der Waals surface area contributed by atoms with Crippen LogP contribution >= 0.6 is 0 Å². The molecule has 7 nitrogen and oxygen atoms in total. The van der Waals surface area contributed by atoms with Crippen molar-refractivity contribution < 1.29 is 22.7 Å². The Morgan fingerprint density at radius 1 is 1.20 bits per heavy atom. The van der Waals surface area contributed by atoms with Crippen LogP contribution in [0.25, 0.3) is 0 Å². The maximum absolute atomic E-state index is 12.2. The van der Waals surface area contributed by atoms with Crippen LogP contribution in [0.4, 0.5) is 0 Å². The normalized spacial score (nSPS) is 15.2. The van der Waals surface area contributed by atoms with E-state index in [4.69, 9.17) is 9.47 Å². The molecule has 1 aliphatic carbocycles. The summed E-state index contributed by atoms with van der Waals surface area (Å²) in [6.45, 7) is 0.693. The molecule has 0 spiro atoms. The number of hydrogen-bond acceptors (Lipinski definition) is 5. The lowest BCUT2D eigenvalue weighted by Crippen LogP contribution is -2.37. The van der Waals surface area contributed by atoms with E-state index in [2.05, 4.69) is 10.0 Å². The van der Waals surface area contributed by atoms with Crippen molar-refractivity contribution in [3.05, 3.63) is 24.3 Å². The van der Waals surface area contributed by atoms with Gasteiger partial charge in [0.15, 0.2) is 0 Å². The van der Waals surface area contributed by atoms with Gasteiger partial charge in [-0.25, -0.2) is 13.1 Å². The summed E-state index contributed by atoms with van der Waals surface area (Å²) >= 11 is 0. The number of nitrogens with one attached hydrogen (secondary N) is 2. The van der Waals surface area contributed by atoms with Gasteiger partial charge in [-0.05, 0) is 56.4 Å². The predicted octanol–water partition coefficient (Wildman–Crippen LogP) is 1.44. The van der Waals surface area contributed by atoms with Gasteiger partial charge in [-0.1, -0.05) is 0 Å². The van der Waals surface area contributed by atoms with E-state index in [1.54, 1.807) is 19.2 Å². The molecule has 1 aliphatic rings. The summed E-state index contributed by atoms with van der Waals surface area (Å²) in [7, 11) is -2.14. The number of benzene rings is 1. The third-order valence-corrected chi connectivity index (χ3v) is 5.43. The Labute approximate surface area is 149 Å². The molecule has 8 heteroatoms. The van der Waals surface area contributed by atoms with E-state index in [9.17, 15) is 13.2 Å². The summed E-state index contributed by atoms with van der Waals surface area (Å²) in [6.07, 6.45) is 5.34.